The Bertz CT molecular complexity index is 798. The third kappa shape index (κ3) is 3.49. The number of carboxylic acid groups (broad SMARTS) is 1. The minimum absolute atomic E-state index is 0.0163. The first-order valence-electron chi connectivity index (χ1n) is 6.56. The number of carboxylic acids is 1. The van der Waals surface area contributed by atoms with Gasteiger partial charge in [-0.1, -0.05) is 5.21 Å². The number of nitrogens with one attached hydrogen (secondary N) is 1. The van der Waals surface area contributed by atoms with Gasteiger partial charge in [0.1, 0.15) is 0 Å². The van der Waals surface area contributed by atoms with Crippen LogP contribution in [-0.4, -0.2) is 34.5 Å². The highest BCUT2D eigenvalue weighted by Crippen LogP contribution is 2.17. The second kappa shape index (κ2) is 6.24. The van der Waals surface area contributed by atoms with E-state index in [1.54, 1.807) is 17.8 Å². The molecule has 2 N–H and O–H groups in total. The molecule has 0 aliphatic carbocycles. The largest absolute Gasteiger partial charge is 0.478 e. The van der Waals surface area contributed by atoms with E-state index in [0.717, 1.165) is 0 Å². The van der Waals surface area contributed by atoms with Crippen molar-refractivity contribution in [3.05, 3.63) is 41.2 Å². The van der Waals surface area contributed by atoms with Crippen LogP contribution in [0.2, 0.25) is 0 Å². The van der Waals surface area contributed by atoms with Gasteiger partial charge in [0.05, 0.1) is 22.7 Å². The molecule has 118 valence electrons. The van der Waals surface area contributed by atoms with Gasteiger partial charge < -0.3 is 5.11 Å². The number of hydrogen-bond donors (Lipinski definition) is 2. The monoisotopic (exact) mass is 324 g/mol. The van der Waals surface area contributed by atoms with Crippen LogP contribution in [0.15, 0.2) is 29.3 Å². The zero-order valence-electron chi connectivity index (χ0n) is 12.1. The molecule has 2 rings (SSSR count). The first kappa shape index (κ1) is 16.1. The van der Waals surface area contributed by atoms with Gasteiger partial charge in [0.2, 0.25) is 10.0 Å². The van der Waals surface area contributed by atoms with Crippen molar-refractivity contribution in [1.29, 1.82) is 0 Å². The second-order valence-electron chi connectivity index (χ2n) is 4.68. The zero-order valence-corrected chi connectivity index (χ0v) is 13.0. The van der Waals surface area contributed by atoms with Crippen LogP contribution in [0.5, 0.6) is 0 Å². The summed E-state index contributed by atoms with van der Waals surface area (Å²) in [6.07, 6.45) is 1.66. The van der Waals surface area contributed by atoms with Crippen LogP contribution in [-0.2, 0) is 23.1 Å². The van der Waals surface area contributed by atoms with Gasteiger partial charge in [0, 0.05) is 12.7 Å². The number of aromatic nitrogens is 3. The number of nitrogens with zero attached hydrogens (tertiary/aromatic N) is 3. The lowest BCUT2D eigenvalue weighted by Crippen LogP contribution is -2.24. The van der Waals surface area contributed by atoms with Crippen molar-refractivity contribution in [1.82, 2.24) is 19.7 Å². The van der Waals surface area contributed by atoms with E-state index in [1.165, 1.54) is 18.2 Å². The summed E-state index contributed by atoms with van der Waals surface area (Å²) in [5, 5.41) is 16.6. The smallest absolute Gasteiger partial charge is 0.335 e. The first-order chi connectivity index (χ1) is 10.3. The molecule has 0 spiro atoms. The molecule has 22 heavy (non-hydrogen) atoms. The molecule has 8 nitrogen and oxygen atoms in total. The molecular weight excluding hydrogens is 308 g/mol. The summed E-state index contributed by atoms with van der Waals surface area (Å²) in [7, 11) is -3.75. The molecule has 0 fully saturated rings. The predicted molar refractivity (Wildman–Crippen MR) is 77.9 cm³/mol. The molecular formula is C13H16N4O4S. The summed E-state index contributed by atoms with van der Waals surface area (Å²) in [6.45, 7) is 4.11. The molecule has 0 unspecified atom stereocenters. The summed E-state index contributed by atoms with van der Waals surface area (Å²) < 4.78 is 28.6. The first-order valence-corrected chi connectivity index (χ1v) is 8.04. The number of sulfonamides is 1. The quantitative estimate of drug-likeness (QED) is 0.811. The summed E-state index contributed by atoms with van der Waals surface area (Å²) in [6, 6.07) is 3.87. The summed E-state index contributed by atoms with van der Waals surface area (Å²) in [4.78, 5) is 10.9. The number of benzene rings is 1. The summed E-state index contributed by atoms with van der Waals surface area (Å²) in [5.74, 6) is -1.10. The van der Waals surface area contributed by atoms with Gasteiger partial charge >= 0.3 is 5.97 Å². The van der Waals surface area contributed by atoms with E-state index in [4.69, 9.17) is 5.11 Å². The molecule has 0 saturated heterocycles. The molecule has 9 heteroatoms. The Hall–Kier alpha value is -2.26. The normalized spacial score (nSPS) is 11.5. The fraction of sp³-hybridized carbons (Fsp3) is 0.308. The fourth-order valence-corrected chi connectivity index (χ4v) is 3.13. The Labute approximate surface area is 127 Å². The summed E-state index contributed by atoms with van der Waals surface area (Å²) >= 11 is 0. The molecule has 1 aromatic heterocycles. The van der Waals surface area contributed by atoms with Crippen molar-refractivity contribution in [2.24, 2.45) is 0 Å². The Kier molecular flexibility index (Phi) is 4.57. The lowest BCUT2D eigenvalue weighted by atomic mass is 10.1. The van der Waals surface area contributed by atoms with Gasteiger partial charge in [-0.15, -0.1) is 5.10 Å². The SMILES string of the molecule is CCn1cc(CNS(=O)(=O)c2ccc(C(=O)O)cc2C)nn1. The van der Waals surface area contributed by atoms with Crippen LogP contribution < -0.4 is 4.72 Å². The van der Waals surface area contributed by atoms with Crippen LogP contribution in [0, 0.1) is 6.92 Å². The highest BCUT2D eigenvalue weighted by atomic mass is 32.2. The average molecular weight is 324 g/mol. The molecule has 0 aliphatic heterocycles. The predicted octanol–water partition coefficient (Wildman–Crippen LogP) is 0.783. The number of rotatable bonds is 6. The molecule has 0 atom stereocenters. The molecule has 0 bridgehead atoms. The van der Waals surface area contributed by atoms with Gasteiger partial charge in [0.15, 0.2) is 0 Å². The number of aromatic carboxylic acids is 1. The van der Waals surface area contributed by atoms with Crippen LogP contribution in [0.3, 0.4) is 0 Å². The topological polar surface area (TPSA) is 114 Å². The second-order valence-corrected chi connectivity index (χ2v) is 6.41. The molecule has 0 amide bonds. The maximum Gasteiger partial charge on any atom is 0.335 e. The minimum atomic E-state index is -3.75. The maximum atomic E-state index is 12.3. The van der Waals surface area contributed by atoms with Crippen molar-refractivity contribution in [3.63, 3.8) is 0 Å². The average Bonchev–Trinajstić information content (AvgIpc) is 2.93. The Morgan fingerprint density at radius 3 is 2.68 bits per heavy atom. The Balaban J connectivity index is 2.18. The molecule has 1 aromatic carbocycles. The number of hydrogen-bond acceptors (Lipinski definition) is 5. The zero-order chi connectivity index (χ0) is 16.3. The third-order valence-corrected chi connectivity index (χ3v) is 4.63. The highest BCUT2D eigenvalue weighted by molar-refractivity contribution is 7.89. The molecule has 0 saturated carbocycles. The standard InChI is InChI=1S/C13H16N4O4S/c1-3-17-8-11(15-16-17)7-14-22(20,21)12-5-4-10(13(18)19)6-9(12)2/h4-6,8,14H,3,7H2,1-2H3,(H,18,19). The van der Waals surface area contributed by atoms with Gasteiger partial charge in [-0.2, -0.15) is 0 Å². The lowest BCUT2D eigenvalue weighted by Gasteiger charge is -2.09. The number of aryl methyl sites for hydroxylation is 2. The van der Waals surface area contributed by atoms with Crippen LogP contribution >= 0.6 is 0 Å². The van der Waals surface area contributed by atoms with Crippen molar-refractivity contribution in [2.45, 2.75) is 31.8 Å². The van der Waals surface area contributed by atoms with Gasteiger partial charge in [0.25, 0.3) is 0 Å². The maximum absolute atomic E-state index is 12.3. The Morgan fingerprint density at radius 1 is 1.41 bits per heavy atom. The van der Waals surface area contributed by atoms with Gasteiger partial charge in [-0.25, -0.2) is 17.9 Å². The molecule has 2 aromatic rings. The Morgan fingerprint density at radius 2 is 2.14 bits per heavy atom. The van der Waals surface area contributed by atoms with E-state index in [1.807, 2.05) is 6.92 Å². The van der Waals surface area contributed by atoms with Crippen molar-refractivity contribution < 1.29 is 18.3 Å². The van der Waals surface area contributed by atoms with Crippen molar-refractivity contribution in [3.8, 4) is 0 Å². The van der Waals surface area contributed by atoms with E-state index < -0.39 is 16.0 Å². The third-order valence-electron chi connectivity index (χ3n) is 3.06. The minimum Gasteiger partial charge on any atom is -0.478 e. The highest BCUT2D eigenvalue weighted by Gasteiger charge is 2.18. The van der Waals surface area contributed by atoms with Crippen LogP contribution in [0.1, 0.15) is 28.5 Å². The van der Waals surface area contributed by atoms with Crippen LogP contribution in [0.4, 0.5) is 0 Å². The van der Waals surface area contributed by atoms with Crippen molar-refractivity contribution >= 4 is 16.0 Å². The molecule has 0 radical (unpaired) electrons. The molecule has 1 heterocycles. The van der Waals surface area contributed by atoms with Gasteiger partial charge in [-0.3, -0.25) is 4.68 Å². The van der Waals surface area contributed by atoms with E-state index in [0.29, 0.717) is 17.8 Å². The van der Waals surface area contributed by atoms with Crippen molar-refractivity contribution in [2.75, 3.05) is 0 Å². The molecule has 0 aliphatic rings. The van der Waals surface area contributed by atoms with E-state index in [2.05, 4.69) is 15.0 Å². The van der Waals surface area contributed by atoms with Gasteiger partial charge in [-0.05, 0) is 37.6 Å². The number of carbonyl (C=O) groups is 1. The van der Waals surface area contributed by atoms with Crippen LogP contribution in [0.25, 0.3) is 0 Å². The fourth-order valence-electron chi connectivity index (χ4n) is 1.90. The van der Waals surface area contributed by atoms with E-state index in [9.17, 15) is 13.2 Å². The van der Waals surface area contributed by atoms with E-state index in [-0.39, 0.29) is 17.0 Å². The van der Waals surface area contributed by atoms with E-state index >= 15 is 0 Å². The summed E-state index contributed by atoms with van der Waals surface area (Å²) in [5.41, 5.74) is 0.914. The lowest BCUT2D eigenvalue weighted by molar-refractivity contribution is 0.0696.